The number of hydrogen-bond acceptors (Lipinski definition) is 4. The van der Waals surface area contributed by atoms with Gasteiger partial charge in [-0.2, -0.15) is 0 Å². The number of carbonyl (C=O) groups excluding carboxylic acids is 1. The van der Waals surface area contributed by atoms with E-state index in [9.17, 15) is 13.2 Å². The average molecular weight is 332 g/mol. The third-order valence-electron chi connectivity index (χ3n) is 3.59. The Hall–Kier alpha value is -2.34. The van der Waals surface area contributed by atoms with Crippen LogP contribution >= 0.6 is 0 Å². The molecule has 0 bridgehead atoms. The minimum absolute atomic E-state index is 0.0561. The van der Waals surface area contributed by atoms with Crippen molar-refractivity contribution in [1.29, 1.82) is 0 Å². The van der Waals surface area contributed by atoms with Crippen LogP contribution in [-0.4, -0.2) is 27.1 Å². The number of aryl methyl sites for hydroxylation is 1. The SMILES string of the molecule is Cc1cccc(NC(=O)CNc2cccc(S(C)(=O)=O)c2)c1C. The molecule has 5 nitrogen and oxygen atoms in total. The Kier molecular flexibility index (Phi) is 5.05. The molecular formula is C17H20N2O3S. The van der Waals surface area contributed by atoms with Gasteiger partial charge in [-0.05, 0) is 49.2 Å². The van der Waals surface area contributed by atoms with Crippen molar-refractivity contribution in [3.05, 3.63) is 53.6 Å². The number of sulfone groups is 1. The fraction of sp³-hybridized carbons (Fsp3) is 0.235. The highest BCUT2D eigenvalue weighted by Crippen LogP contribution is 2.18. The summed E-state index contributed by atoms with van der Waals surface area (Å²) in [5, 5.41) is 5.78. The van der Waals surface area contributed by atoms with E-state index < -0.39 is 9.84 Å². The smallest absolute Gasteiger partial charge is 0.243 e. The molecule has 0 radical (unpaired) electrons. The lowest BCUT2D eigenvalue weighted by Gasteiger charge is -2.11. The molecule has 2 N–H and O–H groups in total. The summed E-state index contributed by atoms with van der Waals surface area (Å²) in [5.41, 5.74) is 3.50. The predicted molar refractivity (Wildman–Crippen MR) is 92.6 cm³/mol. The molecule has 2 aromatic rings. The van der Waals surface area contributed by atoms with E-state index in [-0.39, 0.29) is 17.3 Å². The second-order valence-electron chi connectivity index (χ2n) is 5.45. The molecule has 1 amide bonds. The second kappa shape index (κ2) is 6.83. The summed E-state index contributed by atoms with van der Waals surface area (Å²) < 4.78 is 23.1. The van der Waals surface area contributed by atoms with Crippen molar-refractivity contribution in [2.75, 3.05) is 23.4 Å². The van der Waals surface area contributed by atoms with Crippen molar-refractivity contribution in [3.63, 3.8) is 0 Å². The summed E-state index contributed by atoms with van der Waals surface area (Å²) in [4.78, 5) is 12.3. The zero-order valence-corrected chi connectivity index (χ0v) is 14.2. The fourth-order valence-corrected chi connectivity index (χ4v) is 2.77. The van der Waals surface area contributed by atoms with Crippen LogP contribution in [0.2, 0.25) is 0 Å². The van der Waals surface area contributed by atoms with Crippen molar-refractivity contribution < 1.29 is 13.2 Å². The fourth-order valence-electron chi connectivity index (χ4n) is 2.10. The summed E-state index contributed by atoms with van der Waals surface area (Å²) in [6.07, 6.45) is 1.15. The highest BCUT2D eigenvalue weighted by Gasteiger charge is 2.09. The molecule has 2 aromatic carbocycles. The zero-order valence-electron chi connectivity index (χ0n) is 13.4. The van der Waals surface area contributed by atoms with Crippen molar-refractivity contribution in [2.45, 2.75) is 18.7 Å². The lowest BCUT2D eigenvalue weighted by atomic mass is 10.1. The van der Waals surface area contributed by atoms with Crippen LogP contribution in [0, 0.1) is 13.8 Å². The molecular weight excluding hydrogens is 312 g/mol. The first-order valence-electron chi connectivity index (χ1n) is 7.17. The molecule has 122 valence electrons. The first-order valence-corrected chi connectivity index (χ1v) is 9.06. The van der Waals surface area contributed by atoms with E-state index in [1.807, 2.05) is 32.0 Å². The first kappa shape index (κ1) is 17.0. The van der Waals surface area contributed by atoms with Crippen LogP contribution in [0.25, 0.3) is 0 Å². The maximum absolute atomic E-state index is 12.0. The van der Waals surface area contributed by atoms with E-state index in [0.29, 0.717) is 5.69 Å². The van der Waals surface area contributed by atoms with Crippen LogP contribution in [0.15, 0.2) is 47.4 Å². The molecule has 23 heavy (non-hydrogen) atoms. The van der Waals surface area contributed by atoms with E-state index in [2.05, 4.69) is 10.6 Å². The molecule has 0 saturated carbocycles. The van der Waals surface area contributed by atoms with Gasteiger partial charge in [0, 0.05) is 17.6 Å². The van der Waals surface area contributed by atoms with Crippen molar-refractivity contribution in [2.24, 2.45) is 0 Å². The van der Waals surface area contributed by atoms with E-state index in [1.54, 1.807) is 12.1 Å². The van der Waals surface area contributed by atoms with Gasteiger partial charge in [0.1, 0.15) is 0 Å². The maximum atomic E-state index is 12.0. The average Bonchev–Trinajstić information content (AvgIpc) is 2.49. The van der Waals surface area contributed by atoms with Gasteiger partial charge in [0.25, 0.3) is 0 Å². The highest BCUT2D eigenvalue weighted by molar-refractivity contribution is 7.90. The topological polar surface area (TPSA) is 75.3 Å². The summed E-state index contributed by atoms with van der Waals surface area (Å²) in [5.74, 6) is -0.191. The number of carbonyl (C=O) groups is 1. The molecule has 0 atom stereocenters. The zero-order chi connectivity index (χ0) is 17.0. The Labute approximate surface area is 136 Å². The maximum Gasteiger partial charge on any atom is 0.243 e. The van der Waals surface area contributed by atoms with Gasteiger partial charge in [-0.25, -0.2) is 8.42 Å². The van der Waals surface area contributed by atoms with E-state index >= 15 is 0 Å². The third-order valence-corrected chi connectivity index (χ3v) is 4.70. The summed E-state index contributed by atoms with van der Waals surface area (Å²) in [7, 11) is -3.26. The van der Waals surface area contributed by atoms with Crippen LogP contribution in [0.3, 0.4) is 0 Å². The number of hydrogen-bond donors (Lipinski definition) is 2. The van der Waals surface area contributed by atoms with E-state index in [4.69, 9.17) is 0 Å². The molecule has 6 heteroatoms. The van der Waals surface area contributed by atoms with Crippen LogP contribution in [0.5, 0.6) is 0 Å². The molecule has 0 unspecified atom stereocenters. The Morgan fingerprint density at radius 1 is 1.09 bits per heavy atom. The van der Waals surface area contributed by atoms with Gasteiger partial charge in [0.2, 0.25) is 5.91 Å². The van der Waals surface area contributed by atoms with Crippen molar-refractivity contribution >= 4 is 27.1 Å². The van der Waals surface area contributed by atoms with Crippen LogP contribution in [-0.2, 0) is 14.6 Å². The Bertz CT molecular complexity index is 829. The lowest BCUT2D eigenvalue weighted by Crippen LogP contribution is -2.22. The summed E-state index contributed by atoms with van der Waals surface area (Å²) in [6, 6.07) is 12.1. The molecule has 0 aliphatic heterocycles. The molecule has 0 spiro atoms. The molecule has 0 aliphatic rings. The van der Waals surface area contributed by atoms with Crippen LogP contribution in [0.4, 0.5) is 11.4 Å². The van der Waals surface area contributed by atoms with Crippen molar-refractivity contribution in [1.82, 2.24) is 0 Å². The van der Waals surface area contributed by atoms with Gasteiger partial charge in [-0.3, -0.25) is 4.79 Å². The van der Waals surface area contributed by atoms with Gasteiger partial charge in [-0.15, -0.1) is 0 Å². The number of rotatable bonds is 5. The van der Waals surface area contributed by atoms with Crippen molar-refractivity contribution in [3.8, 4) is 0 Å². The Balaban J connectivity index is 2.01. The molecule has 0 heterocycles. The molecule has 2 rings (SSSR count). The van der Waals surface area contributed by atoms with Gasteiger partial charge >= 0.3 is 0 Å². The number of nitrogens with one attached hydrogen (secondary N) is 2. The van der Waals surface area contributed by atoms with Crippen LogP contribution in [0.1, 0.15) is 11.1 Å². The molecule has 0 aromatic heterocycles. The van der Waals surface area contributed by atoms with Gasteiger partial charge < -0.3 is 10.6 Å². The lowest BCUT2D eigenvalue weighted by molar-refractivity contribution is -0.114. The third kappa shape index (κ3) is 4.56. The quantitative estimate of drug-likeness (QED) is 0.883. The monoisotopic (exact) mass is 332 g/mol. The predicted octanol–water partition coefficient (Wildman–Crippen LogP) is 2.76. The van der Waals surface area contributed by atoms with E-state index in [0.717, 1.165) is 23.1 Å². The van der Waals surface area contributed by atoms with Gasteiger partial charge in [-0.1, -0.05) is 18.2 Å². The minimum Gasteiger partial charge on any atom is -0.376 e. The number of anilines is 2. The number of benzene rings is 2. The van der Waals surface area contributed by atoms with Gasteiger partial charge in [0.05, 0.1) is 11.4 Å². The molecule has 0 fully saturated rings. The Morgan fingerprint density at radius 3 is 2.48 bits per heavy atom. The van der Waals surface area contributed by atoms with Crippen LogP contribution < -0.4 is 10.6 Å². The molecule has 0 aliphatic carbocycles. The second-order valence-corrected chi connectivity index (χ2v) is 7.46. The number of amides is 1. The van der Waals surface area contributed by atoms with Gasteiger partial charge in [0.15, 0.2) is 9.84 Å². The normalized spacial score (nSPS) is 11.1. The van der Waals surface area contributed by atoms with E-state index in [1.165, 1.54) is 12.1 Å². The highest BCUT2D eigenvalue weighted by atomic mass is 32.2. The summed E-state index contributed by atoms with van der Waals surface area (Å²) in [6.45, 7) is 3.99. The first-order chi connectivity index (χ1) is 10.8. The summed E-state index contributed by atoms with van der Waals surface area (Å²) >= 11 is 0. The molecule has 0 saturated heterocycles. The standard InChI is InChI=1S/C17H20N2O3S/c1-12-6-4-9-16(13(12)2)19-17(20)11-18-14-7-5-8-15(10-14)23(3,21)22/h4-10,18H,11H2,1-3H3,(H,19,20). The largest absolute Gasteiger partial charge is 0.376 e. The minimum atomic E-state index is -3.26. The Morgan fingerprint density at radius 2 is 1.78 bits per heavy atom.